The summed E-state index contributed by atoms with van der Waals surface area (Å²) in [6, 6.07) is 8.32. The average molecular weight is 360 g/mol. The molecule has 0 bridgehead atoms. The second-order valence-electron chi connectivity index (χ2n) is 7.58. The van der Waals surface area contributed by atoms with Crippen molar-refractivity contribution in [3.63, 3.8) is 0 Å². The number of ether oxygens (including phenoxy) is 1. The number of benzene rings is 1. The molecule has 144 valence electrons. The van der Waals surface area contributed by atoms with E-state index in [0.717, 1.165) is 12.8 Å². The van der Waals surface area contributed by atoms with Crippen LogP contribution in [-0.2, 0) is 20.7 Å². The molecule has 0 radical (unpaired) electrons. The van der Waals surface area contributed by atoms with Gasteiger partial charge in [0.1, 0.15) is 5.54 Å². The van der Waals surface area contributed by atoms with Crippen LogP contribution in [0.25, 0.3) is 0 Å². The summed E-state index contributed by atoms with van der Waals surface area (Å²) in [5.74, 6) is 0.00899. The first kappa shape index (κ1) is 20.4. The smallest absolute Gasteiger partial charge is 0.245 e. The topological polar surface area (TPSA) is 58.6 Å². The van der Waals surface area contributed by atoms with E-state index in [9.17, 15) is 9.59 Å². The summed E-state index contributed by atoms with van der Waals surface area (Å²) in [6.07, 6.45) is 2.75. The molecule has 0 aromatic heterocycles. The molecule has 1 unspecified atom stereocenters. The van der Waals surface area contributed by atoms with Crippen LogP contribution in [0.15, 0.2) is 24.3 Å². The third kappa shape index (κ3) is 5.31. The summed E-state index contributed by atoms with van der Waals surface area (Å²) >= 11 is 0. The molecular weight excluding hydrogens is 328 g/mol. The second kappa shape index (κ2) is 9.17. The maximum absolute atomic E-state index is 12.7. The lowest BCUT2D eigenvalue weighted by Crippen LogP contribution is -2.55. The van der Waals surface area contributed by atoms with Crippen LogP contribution in [-0.4, -0.2) is 48.1 Å². The standard InChI is InChI=1S/C21H32N2O3/c1-16(2)26-15-5-13-22-20(25)21(4)12-10-19(24)23(21)14-11-18-8-6-17(3)7-9-18/h6-9,16H,5,10-15H2,1-4H3,(H,22,25). The van der Waals surface area contributed by atoms with Gasteiger partial charge < -0.3 is 15.0 Å². The van der Waals surface area contributed by atoms with Gasteiger partial charge in [0.25, 0.3) is 0 Å². The molecule has 1 aromatic rings. The van der Waals surface area contributed by atoms with Crippen molar-refractivity contribution in [1.29, 1.82) is 0 Å². The van der Waals surface area contributed by atoms with Crippen LogP contribution in [0.5, 0.6) is 0 Å². The number of carbonyl (C=O) groups is 2. The third-order valence-electron chi connectivity index (χ3n) is 5.01. The van der Waals surface area contributed by atoms with Crippen LogP contribution >= 0.6 is 0 Å². The molecule has 1 aromatic carbocycles. The van der Waals surface area contributed by atoms with E-state index in [4.69, 9.17) is 4.74 Å². The molecule has 1 aliphatic rings. The Balaban J connectivity index is 1.88. The van der Waals surface area contributed by atoms with Gasteiger partial charge >= 0.3 is 0 Å². The van der Waals surface area contributed by atoms with E-state index in [-0.39, 0.29) is 17.9 Å². The van der Waals surface area contributed by atoms with Crippen molar-refractivity contribution in [2.24, 2.45) is 0 Å². The van der Waals surface area contributed by atoms with Crippen LogP contribution in [0.1, 0.15) is 51.2 Å². The number of rotatable bonds is 9. The zero-order chi connectivity index (χ0) is 19.2. The van der Waals surface area contributed by atoms with Gasteiger partial charge in [-0.3, -0.25) is 9.59 Å². The minimum absolute atomic E-state index is 0.0585. The quantitative estimate of drug-likeness (QED) is 0.689. The van der Waals surface area contributed by atoms with Crippen LogP contribution in [0.4, 0.5) is 0 Å². The summed E-state index contributed by atoms with van der Waals surface area (Å²) in [4.78, 5) is 26.8. The number of nitrogens with zero attached hydrogens (tertiary/aromatic N) is 1. The summed E-state index contributed by atoms with van der Waals surface area (Å²) in [5, 5.41) is 2.98. The fraction of sp³-hybridized carbons (Fsp3) is 0.619. The average Bonchev–Trinajstić information content (AvgIpc) is 2.89. The number of hydrogen-bond acceptors (Lipinski definition) is 3. The van der Waals surface area contributed by atoms with Crippen LogP contribution in [0.2, 0.25) is 0 Å². The predicted octanol–water partition coefficient (Wildman–Crippen LogP) is 2.85. The van der Waals surface area contributed by atoms with Crippen LogP contribution < -0.4 is 5.32 Å². The molecule has 1 saturated heterocycles. The first-order chi connectivity index (χ1) is 12.3. The summed E-state index contributed by atoms with van der Waals surface area (Å²) in [5.41, 5.74) is 1.65. The molecule has 0 saturated carbocycles. The number of hydrogen-bond donors (Lipinski definition) is 1. The molecule has 0 aliphatic carbocycles. The molecule has 2 rings (SSSR count). The van der Waals surface area contributed by atoms with Crippen LogP contribution in [0.3, 0.4) is 0 Å². The summed E-state index contributed by atoms with van der Waals surface area (Å²) in [7, 11) is 0. The van der Waals surface area contributed by atoms with Gasteiger partial charge in [-0.2, -0.15) is 0 Å². The minimum atomic E-state index is -0.749. The fourth-order valence-electron chi connectivity index (χ4n) is 3.28. The minimum Gasteiger partial charge on any atom is -0.379 e. The molecule has 1 heterocycles. The maximum atomic E-state index is 12.7. The van der Waals surface area contributed by atoms with E-state index in [0.29, 0.717) is 32.5 Å². The van der Waals surface area contributed by atoms with Crippen molar-refractivity contribution in [1.82, 2.24) is 10.2 Å². The first-order valence-electron chi connectivity index (χ1n) is 9.59. The largest absolute Gasteiger partial charge is 0.379 e. The summed E-state index contributed by atoms with van der Waals surface area (Å²) < 4.78 is 5.49. The van der Waals surface area contributed by atoms with Gasteiger partial charge in [0, 0.05) is 26.1 Å². The molecule has 1 fully saturated rings. The highest BCUT2D eigenvalue weighted by molar-refractivity contribution is 5.94. The van der Waals surface area contributed by atoms with E-state index in [1.807, 2.05) is 20.8 Å². The Hall–Kier alpha value is -1.88. The molecule has 2 amide bonds. The maximum Gasteiger partial charge on any atom is 0.245 e. The Morgan fingerprint density at radius 2 is 2.00 bits per heavy atom. The van der Waals surface area contributed by atoms with Crippen molar-refractivity contribution >= 4 is 11.8 Å². The Bertz CT molecular complexity index is 612. The number of aryl methyl sites for hydroxylation is 1. The van der Waals surface area contributed by atoms with Crippen LogP contribution in [0, 0.1) is 6.92 Å². The normalized spacial score (nSPS) is 20.0. The van der Waals surface area contributed by atoms with E-state index in [1.165, 1.54) is 11.1 Å². The Morgan fingerprint density at radius 3 is 2.65 bits per heavy atom. The lowest BCUT2D eigenvalue weighted by Gasteiger charge is -2.34. The number of likely N-dealkylation sites (tertiary alicyclic amines) is 1. The first-order valence-corrected chi connectivity index (χ1v) is 9.59. The van der Waals surface area contributed by atoms with Crippen molar-refractivity contribution in [3.05, 3.63) is 35.4 Å². The second-order valence-corrected chi connectivity index (χ2v) is 7.58. The predicted molar refractivity (Wildman–Crippen MR) is 103 cm³/mol. The third-order valence-corrected chi connectivity index (χ3v) is 5.01. The summed E-state index contributed by atoms with van der Waals surface area (Å²) in [6.45, 7) is 9.70. The van der Waals surface area contributed by atoms with Gasteiger partial charge in [0.2, 0.25) is 11.8 Å². The zero-order valence-electron chi connectivity index (χ0n) is 16.5. The molecule has 1 atom stereocenters. The highest BCUT2D eigenvalue weighted by Crippen LogP contribution is 2.30. The monoisotopic (exact) mass is 360 g/mol. The fourth-order valence-corrected chi connectivity index (χ4v) is 3.28. The highest BCUT2D eigenvalue weighted by Gasteiger charge is 2.46. The Morgan fingerprint density at radius 1 is 1.31 bits per heavy atom. The molecule has 5 nitrogen and oxygen atoms in total. The zero-order valence-corrected chi connectivity index (χ0v) is 16.5. The number of amides is 2. The molecule has 5 heteroatoms. The van der Waals surface area contributed by atoms with Crippen molar-refractivity contribution in [2.75, 3.05) is 19.7 Å². The molecule has 1 N–H and O–H groups in total. The van der Waals surface area contributed by atoms with E-state index in [1.54, 1.807) is 4.90 Å². The van der Waals surface area contributed by atoms with Gasteiger partial charge in [0.05, 0.1) is 6.10 Å². The van der Waals surface area contributed by atoms with Gasteiger partial charge in [-0.25, -0.2) is 0 Å². The number of nitrogens with one attached hydrogen (secondary N) is 1. The lowest BCUT2D eigenvalue weighted by atomic mass is 9.97. The van der Waals surface area contributed by atoms with E-state index >= 15 is 0 Å². The van der Waals surface area contributed by atoms with Gasteiger partial charge in [0.15, 0.2) is 0 Å². The molecule has 26 heavy (non-hydrogen) atoms. The molecular formula is C21H32N2O3. The molecule has 0 spiro atoms. The molecule has 1 aliphatic heterocycles. The lowest BCUT2D eigenvalue weighted by molar-refractivity contribution is -0.140. The SMILES string of the molecule is Cc1ccc(CCN2C(=O)CCC2(C)C(=O)NCCCOC(C)C)cc1. The van der Waals surface area contributed by atoms with Crippen molar-refractivity contribution in [2.45, 2.75) is 65.0 Å². The van der Waals surface area contributed by atoms with Gasteiger partial charge in [-0.15, -0.1) is 0 Å². The number of carbonyl (C=O) groups excluding carboxylic acids is 2. The van der Waals surface area contributed by atoms with Crippen molar-refractivity contribution < 1.29 is 14.3 Å². The van der Waals surface area contributed by atoms with Crippen molar-refractivity contribution in [3.8, 4) is 0 Å². The van der Waals surface area contributed by atoms with E-state index < -0.39 is 5.54 Å². The van der Waals surface area contributed by atoms with E-state index in [2.05, 4.69) is 36.5 Å². The van der Waals surface area contributed by atoms with Gasteiger partial charge in [-0.05, 0) is 52.5 Å². The Kier molecular flexibility index (Phi) is 7.21. The highest BCUT2D eigenvalue weighted by atomic mass is 16.5. The Labute approximate surface area is 157 Å². The van der Waals surface area contributed by atoms with Gasteiger partial charge in [-0.1, -0.05) is 29.8 Å².